The lowest BCUT2D eigenvalue weighted by Crippen LogP contribution is -1.96. The Morgan fingerprint density at radius 1 is 0.617 bits per heavy atom. The Morgan fingerprint density at radius 2 is 1.17 bits per heavy atom. The van der Waals surface area contributed by atoms with Crippen LogP contribution in [0.4, 0.5) is 0 Å². The zero-order valence-electron chi connectivity index (χ0n) is 26.6. The van der Waals surface area contributed by atoms with Gasteiger partial charge in [-0.3, -0.25) is 4.57 Å². The summed E-state index contributed by atoms with van der Waals surface area (Å²) < 4.78 is 2.23. The first-order chi connectivity index (χ1) is 23.1. The third kappa shape index (κ3) is 4.86. The highest BCUT2D eigenvalue weighted by Gasteiger charge is 2.18. The van der Waals surface area contributed by atoms with Gasteiger partial charge in [0.2, 0.25) is 0 Å². The second kappa shape index (κ2) is 11.7. The summed E-state index contributed by atoms with van der Waals surface area (Å²) in [5.41, 5.74) is 12.5. The number of hydrogen-bond donors (Lipinski definition) is 0. The van der Waals surface area contributed by atoms with E-state index in [2.05, 4.69) is 170 Å². The van der Waals surface area contributed by atoms with Crippen LogP contribution in [0.3, 0.4) is 0 Å². The molecule has 1 aromatic heterocycles. The average molecular weight is 603 g/mol. The molecule has 0 saturated heterocycles. The largest absolute Gasteiger partial charge is 0.297 e. The molecule has 0 radical (unpaired) electrons. The van der Waals surface area contributed by atoms with Crippen LogP contribution in [0.15, 0.2) is 158 Å². The third-order valence-corrected chi connectivity index (χ3v) is 9.21. The van der Waals surface area contributed by atoms with E-state index in [9.17, 15) is 0 Å². The maximum atomic E-state index is 5.01. The van der Waals surface area contributed by atoms with Crippen molar-refractivity contribution in [3.05, 3.63) is 181 Å². The standard InChI is InChI=1S/C45H34N2/c1-4-14-33-15-8-9-18-37(33)30(2)32-23-25-34(26-24-32)44-38-19-10-12-21-40(38)45(41-22-13-11-20-39(41)44)35-27-28-43-42(29-35)46-31(3)47(43)36-16-6-5-7-17-36/h4-29H,2H2,1,3H3/b14-4-. The molecule has 0 amide bonds. The van der Waals surface area contributed by atoms with E-state index in [4.69, 9.17) is 4.98 Å². The predicted octanol–water partition coefficient (Wildman–Crippen LogP) is 12.1. The van der Waals surface area contributed by atoms with Gasteiger partial charge in [0.15, 0.2) is 0 Å². The highest BCUT2D eigenvalue weighted by atomic mass is 15.1. The SMILES string of the molecule is C=C(c1ccc(-c2c3ccccc3c(-c3ccc4c(c3)nc(C)n4-c3ccccc3)c3ccccc23)cc1)c1ccccc1/C=C\C. The lowest BCUT2D eigenvalue weighted by Gasteiger charge is -2.18. The van der Waals surface area contributed by atoms with Crippen LogP contribution < -0.4 is 0 Å². The molecule has 7 aromatic carbocycles. The number of aryl methyl sites for hydroxylation is 1. The number of aromatic nitrogens is 2. The van der Waals surface area contributed by atoms with Gasteiger partial charge in [-0.05, 0) is 104 Å². The highest BCUT2D eigenvalue weighted by molar-refractivity contribution is 6.21. The van der Waals surface area contributed by atoms with Crippen molar-refractivity contribution < 1.29 is 0 Å². The average Bonchev–Trinajstić information content (AvgIpc) is 3.46. The molecule has 0 unspecified atom stereocenters. The molecule has 0 aliphatic carbocycles. The molecule has 0 aliphatic heterocycles. The summed E-state index contributed by atoms with van der Waals surface area (Å²) in [6.45, 7) is 8.62. The molecule has 0 N–H and O–H groups in total. The normalized spacial score (nSPS) is 11.6. The van der Waals surface area contributed by atoms with Gasteiger partial charge in [-0.25, -0.2) is 4.98 Å². The third-order valence-electron chi connectivity index (χ3n) is 9.21. The number of imidazole rings is 1. The van der Waals surface area contributed by atoms with Crippen molar-refractivity contribution in [3.8, 4) is 27.9 Å². The van der Waals surface area contributed by atoms with Crippen LogP contribution in [-0.2, 0) is 0 Å². The first-order valence-corrected chi connectivity index (χ1v) is 16.1. The Kier molecular flexibility index (Phi) is 7.12. The molecule has 0 bridgehead atoms. The fraction of sp³-hybridized carbons (Fsp3) is 0.0444. The molecular weight excluding hydrogens is 569 g/mol. The van der Waals surface area contributed by atoms with Crippen LogP contribution in [0.1, 0.15) is 29.4 Å². The van der Waals surface area contributed by atoms with Crippen LogP contribution >= 0.6 is 0 Å². The maximum absolute atomic E-state index is 5.01. The molecule has 47 heavy (non-hydrogen) atoms. The smallest absolute Gasteiger partial charge is 0.111 e. The van der Waals surface area contributed by atoms with Gasteiger partial charge in [0.1, 0.15) is 5.82 Å². The Bertz CT molecular complexity index is 2420. The highest BCUT2D eigenvalue weighted by Crippen LogP contribution is 2.44. The fourth-order valence-corrected chi connectivity index (χ4v) is 7.10. The lowest BCUT2D eigenvalue weighted by atomic mass is 9.85. The first kappa shape index (κ1) is 28.5. The summed E-state index contributed by atoms with van der Waals surface area (Å²) in [4.78, 5) is 5.01. The molecule has 8 rings (SSSR count). The Hall–Kier alpha value is -5.99. The molecule has 224 valence electrons. The zero-order valence-corrected chi connectivity index (χ0v) is 26.6. The van der Waals surface area contributed by atoms with Gasteiger partial charge in [-0.15, -0.1) is 0 Å². The van der Waals surface area contributed by atoms with Gasteiger partial charge in [-0.2, -0.15) is 0 Å². The maximum Gasteiger partial charge on any atom is 0.111 e. The van der Waals surface area contributed by atoms with Gasteiger partial charge in [0.25, 0.3) is 0 Å². The molecule has 8 aromatic rings. The van der Waals surface area contributed by atoms with Gasteiger partial charge in [-0.1, -0.05) is 140 Å². The van der Waals surface area contributed by atoms with Crippen molar-refractivity contribution >= 4 is 44.2 Å². The minimum absolute atomic E-state index is 0.977. The number of benzene rings is 7. The van der Waals surface area contributed by atoms with E-state index in [1.54, 1.807) is 0 Å². The molecule has 2 heteroatoms. The molecule has 0 fully saturated rings. The molecule has 0 saturated carbocycles. The van der Waals surface area contributed by atoms with Crippen molar-refractivity contribution in [1.82, 2.24) is 9.55 Å². The van der Waals surface area contributed by atoms with E-state index in [1.807, 2.05) is 13.0 Å². The summed E-state index contributed by atoms with van der Waals surface area (Å²) in [6.07, 6.45) is 4.22. The quantitative estimate of drug-likeness (QED) is 0.173. The number of hydrogen-bond acceptors (Lipinski definition) is 1. The number of para-hydroxylation sites is 1. The molecule has 2 nitrogen and oxygen atoms in total. The van der Waals surface area contributed by atoms with Crippen LogP contribution in [0.2, 0.25) is 0 Å². The monoisotopic (exact) mass is 602 g/mol. The van der Waals surface area contributed by atoms with Crippen molar-refractivity contribution in [2.24, 2.45) is 0 Å². The van der Waals surface area contributed by atoms with E-state index in [1.165, 1.54) is 49.4 Å². The first-order valence-electron chi connectivity index (χ1n) is 16.1. The van der Waals surface area contributed by atoms with Gasteiger partial charge < -0.3 is 0 Å². The van der Waals surface area contributed by atoms with Crippen molar-refractivity contribution in [2.45, 2.75) is 13.8 Å². The summed E-state index contributed by atoms with van der Waals surface area (Å²) in [5, 5.41) is 4.93. The molecule has 0 spiro atoms. The van der Waals surface area contributed by atoms with Crippen LogP contribution in [-0.4, -0.2) is 9.55 Å². The second-order valence-electron chi connectivity index (χ2n) is 12.0. The van der Waals surface area contributed by atoms with Crippen LogP contribution in [0, 0.1) is 6.92 Å². The van der Waals surface area contributed by atoms with Crippen molar-refractivity contribution in [3.63, 3.8) is 0 Å². The predicted molar refractivity (Wildman–Crippen MR) is 201 cm³/mol. The van der Waals surface area contributed by atoms with Crippen LogP contribution in [0.5, 0.6) is 0 Å². The van der Waals surface area contributed by atoms with Crippen molar-refractivity contribution in [1.29, 1.82) is 0 Å². The van der Waals surface area contributed by atoms with E-state index < -0.39 is 0 Å². The summed E-state index contributed by atoms with van der Waals surface area (Å²) >= 11 is 0. The summed E-state index contributed by atoms with van der Waals surface area (Å²) in [6, 6.07) is 52.1. The minimum Gasteiger partial charge on any atom is -0.297 e. The number of nitrogens with zero attached hydrogens (tertiary/aromatic N) is 2. The van der Waals surface area contributed by atoms with Crippen LogP contribution in [0.25, 0.3) is 72.2 Å². The second-order valence-corrected chi connectivity index (χ2v) is 12.0. The zero-order chi connectivity index (χ0) is 31.9. The van der Waals surface area contributed by atoms with E-state index in [-0.39, 0.29) is 0 Å². The van der Waals surface area contributed by atoms with Gasteiger partial charge in [0, 0.05) is 5.69 Å². The Morgan fingerprint density at radius 3 is 1.81 bits per heavy atom. The molecule has 0 aliphatic rings. The van der Waals surface area contributed by atoms with Gasteiger partial charge >= 0.3 is 0 Å². The summed E-state index contributed by atoms with van der Waals surface area (Å²) in [7, 11) is 0. The fourth-order valence-electron chi connectivity index (χ4n) is 7.10. The number of allylic oxidation sites excluding steroid dienone is 1. The van der Waals surface area contributed by atoms with E-state index in [0.29, 0.717) is 0 Å². The molecule has 1 heterocycles. The lowest BCUT2D eigenvalue weighted by molar-refractivity contribution is 1.00. The van der Waals surface area contributed by atoms with Crippen molar-refractivity contribution in [2.75, 3.05) is 0 Å². The Labute approximate surface area is 275 Å². The topological polar surface area (TPSA) is 17.8 Å². The minimum atomic E-state index is 0.977. The Balaban J connectivity index is 1.28. The summed E-state index contributed by atoms with van der Waals surface area (Å²) in [5.74, 6) is 0.977. The van der Waals surface area contributed by atoms with E-state index >= 15 is 0 Å². The number of rotatable bonds is 6. The number of fused-ring (bicyclic) bond motifs is 3. The van der Waals surface area contributed by atoms with Gasteiger partial charge in [0.05, 0.1) is 11.0 Å². The molecular formula is C45H34N2. The van der Waals surface area contributed by atoms with E-state index in [0.717, 1.165) is 39.2 Å². The molecule has 0 atom stereocenters.